The van der Waals surface area contributed by atoms with Crippen LogP contribution in [0.5, 0.6) is 11.8 Å². The first kappa shape index (κ1) is 14.2. The second kappa shape index (κ2) is 6.27. The number of halogens is 1. The molecule has 0 aliphatic heterocycles. The largest absolute Gasteiger partial charge is 0.480 e. The van der Waals surface area contributed by atoms with E-state index in [1.165, 1.54) is 32.5 Å². The minimum atomic E-state index is -0.543. The lowest BCUT2D eigenvalue weighted by Crippen LogP contribution is -2.30. The highest BCUT2D eigenvalue weighted by atomic mass is 19.1. The van der Waals surface area contributed by atoms with Gasteiger partial charge >= 0.3 is 0 Å². The van der Waals surface area contributed by atoms with Crippen LogP contribution in [0.25, 0.3) is 0 Å². The van der Waals surface area contributed by atoms with E-state index in [9.17, 15) is 4.39 Å². The third kappa shape index (κ3) is 2.84. The van der Waals surface area contributed by atoms with Crippen molar-refractivity contribution in [2.75, 3.05) is 14.2 Å². The van der Waals surface area contributed by atoms with Crippen molar-refractivity contribution in [2.24, 2.45) is 5.84 Å². The molecule has 0 radical (unpaired) electrons. The first-order valence-corrected chi connectivity index (χ1v) is 5.86. The molecule has 106 valence electrons. The summed E-state index contributed by atoms with van der Waals surface area (Å²) in [4.78, 5) is 8.35. The number of hydrogen-bond acceptors (Lipinski definition) is 6. The third-order valence-electron chi connectivity index (χ3n) is 2.77. The quantitative estimate of drug-likeness (QED) is 0.631. The second-order valence-electron chi connectivity index (χ2n) is 3.96. The number of hydrazine groups is 1. The zero-order valence-corrected chi connectivity index (χ0v) is 11.1. The average Bonchev–Trinajstić information content (AvgIpc) is 2.48. The van der Waals surface area contributed by atoms with E-state index < -0.39 is 6.04 Å². The SMILES string of the molecule is COc1cnc(C(NN)c2cccc(F)c2)c(OC)n1. The van der Waals surface area contributed by atoms with Crippen molar-refractivity contribution in [2.45, 2.75) is 6.04 Å². The fourth-order valence-electron chi connectivity index (χ4n) is 1.83. The molecule has 0 saturated carbocycles. The van der Waals surface area contributed by atoms with E-state index in [-0.39, 0.29) is 11.7 Å². The van der Waals surface area contributed by atoms with Gasteiger partial charge in [0.2, 0.25) is 11.8 Å². The Kier molecular flexibility index (Phi) is 4.44. The van der Waals surface area contributed by atoms with Crippen LogP contribution in [0.15, 0.2) is 30.5 Å². The lowest BCUT2D eigenvalue weighted by Gasteiger charge is -2.18. The summed E-state index contributed by atoms with van der Waals surface area (Å²) in [7, 11) is 2.94. The maximum atomic E-state index is 13.3. The summed E-state index contributed by atoms with van der Waals surface area (Å²) >= 11 is 0. The zero-order chi connectivity index (χ0) is 14.5. The van der Waals surface area contributed by atoms with Gasteiger partial charge in [-0.3, -0.25) is 5.84 Å². The molecule has 2 rings (SSSR count). The van der Waals surface area contributed by atoms with Crippen molar-refractivity contribution < 1.29 is 13.9 Å². The molecule has 1 atom stereocenters. The van der Waals surface area contributed by atoms with Gasteiger partial charge in [0, 0.05) is 0 Å². The second-order valence-corrected chi connectivity index (χ2v) is 3.96. The molecule has 1 heterocycles. The van der Waals surface area contributed by atoms with Crippen molar-refractivity contribution in [1.82, 2.24) is 15.4 Å². The van der Waals surface area contributed by atoms with Crippen molar-refractivity contribution in [3.63, 3.8) is 0 Å². The molecule has 0 saturated heterocycles. The molecule has 0 spiro atoms. The van der Waals surface area contributed by atoms with E-state index in [1.807, 2.05) is 0 Å². The number of rotatable bonds is 5. The van der Waals surface area contributed by atoms with Gasteiger partial charge in [-0.1, -0.05) is 12.1 Å². The first-order valence-electron chi connectivity index (χ1n) is 5.86. The van der Waals surface area contributed by atoms with Crippen LogP contribution in [0.1, 0.15) is 17.3 Å². The standard InChI is InChI=1S/C13H15FN4O2/c1-19-10-7-16-12(13(17-10)20-2)11(18-15)8-4-3-5-9(14)6-8/h3-7,11,18H,15H2,1-2H3. The van der Waals surface area contributed by atoms with Gasteiger partial charge in [0.05, 0.1) is 26.5 Å². The molecule has 0 bridgehead atoms. The maximum absolute atomic E-state index is 13.3. The molecule has 0 aliphatic rings. The molecular formula is C13H15FN4O2. The molecule has 2 aromatic rings. The molecule has 0 fully saturated rings. The van der Waals surface area contributed by atoms with Crippen molar-refractivity contribution >= 4 is 0 Å². The van der Waals surface area contributed by atoms with Gasteiger partial charge in [0.15, 0.2) is 0 Å². The van der Waals surface area contributed by atoms with E-state index >= 15 is 0 Å². The highest BCUT2D eigenvalue weighted by molar-refractivity contribution is 5.34. The monoisotopic (exact) mass is 278 g/mol. The normalized spacial score (nSPS) is 12.0. The molecule has 1 unspecified atom stereocenters. The van der Waals surface area contributed by atoms with Crippen LogP contribution in [0, 0.1) is 5.82 Å². The van der Waals surface area contributed by atoms with E-state index in [0.717, 1.165) is 0 Å². The first-order chi connectivity index (χ1) is 9.69. The van der Waals surface area contributed by atoms with Crippen LogP contribution in [0.3, 0.4) is 0 Å². The van der Waals surface area contributed by atoms with Gasteiger partial charge in [-0.25, -0.2) is 14.8 Å². The van der Waals surface area contributed by atoms with Crippen molar-refractivity contribution in [1.29, 1.82) is 0 Å². The fourth-order valence-corrected chi connectivity index (χ4v) is 1.83. The van der Waals surface area contributed by atoms with Crippen LogP contribution in [0.2, 0.25) is 0 Å². The van der Waals surface area contributed by atoms with Gasteiger partial charge in [-0.2, -0.15) is 4.98 Å². The van der Waals surface area contributed by atoms with Gasteiger partial charge in [-0.05, 0) is 17.7 Å². The molecule has 1 aromatic heterocycles. The summed E-state index contributed by atoms with van der Waals surface area (Å²) in [6.07, 6.45) is 1.45. The predicted octanol–water partition coefficient (Wildman–Crippen LogP) is 1.19. The summed E-state index contributed by atoms with van der Waals surface area (Å²) in [6.45, 7) is 0. The van der Waals surface area contributed by atoms with Gasteiger partial charge in [0.25, 0.3) is 0 Å². The number of methoxy groups -OCH3 is 2. The van der Waals surface area contributed by atoms with E-state index in [0.29, 0.717) is 17.1 Å². The molecule has 1 aromatic carbocycles. The predicted molar refractivity (Wildman–Crippen MR) is 70.7 cm³/mol. The lowest BCUT2D eigenvalue weighted by atomic mass is 10.0. The van der Waals surface area contributed by atoms with Crippen LogP contribution in [-0.2, 0) is 0 Å². The summed E-state index contributed by atoms with van der Waals surface area (Å²) in [5.74, 6) is 5.78. The summed E-state index contributed by atoms with van der Waals surface area (Å²) in [6, 6.07) is 5.51. The Labute approximate surface area is 115 Å². The number of ether oxygens (including phenoxy) is 2. The van der Waals surface area contributed by atoms with E-state index in [2.05, 4.69) is 15.4 Å². The smallest absolute Gasteiger partial charge is 0.240 e. The zero-order valence-electron chi connectivity index (χ0n) is 11.1. The van der Waals surface area contributed by atoms with Crippen LogP contribution in [-0.4, -0.2) is 24.2 Å². The Bertz CT molecular complexity index is 594. The molecule has 6 nitrogen and oxygen atoms in total. The number of hydrogen-bond donors (Lipinski definition) is 2. The van der Waals surface area contributed by atoms with Crippen molar-refractivity contribution in [3.8, 4) is 11.8 Å². The highest BCUT2D eigenvalue weighted by Crippen LogP contribution is 2.27. The van der Waals surface area contributed by atoms with E-state index in [4.69, 9.17) is 15.3 Å². The average molecular weight is 278 g/mol. The number of nitrogens with zero attached hydrogens (tertiary/aromatic N) is 2. The lowest BCUT2D eigenvalue weighted by molar-refractivity contribution is 0.352. The number of nitrogens with one attached hydrogen (secondary N) is 1. The molecule has 3 N–H and O–H groups in total. The molecule has 7 heteroatoms. The van der Waals surface area contributed by atoms with Crippen LogP contribution in [0.4, 0.5) is 4.39 Å². The van der Waals surface area contributed by atoms with Gasteiger partial charge in [0.1, 0.15) is 11.5 Å². The van der Waals surface area contributed by atoms with Gasteiger partial charge in [-0.15, -0.1) is 0 Å². The van der Waals surface area contributed by atoms with Crippen LogP contribution < -0.4 is 20.7 Å². The summed E-state index contributed by atoms with van der Waals surface area (Å²) in [5.41, 5.74) is 3.65. The number of nitrogens with two attached hydrogens (primary N) is 1. The van der Waals surface area contributed by atoms with Gasteiger partial charge < -0.3 is 9.47 Å². The number of benzene rings is 1. The Hall–Kier alpha value is -2.25. The Morgan fingerprint density at radius 1 is 1.30 bits per heavy atom. The summed E-state index contributed by atoms with van der Waals surface area (Å²) < 4.78 is 23.5. The third-order valence-corrected chi connectivity index (χ3v) is 2.77. The van der Waals surface area contributed by atoms with Crippen LogP contribution >= 0.6 is 0 Å². The topological polar surface area (TPSA) is 82.3 Å². The Morgan fingerprint density at radius 2 is 2.10 bits per heavy atom. The highest BCUT2D eigenvalue weighted by Gasteiger charge is 2.21. The van der Waals surface area contributed by atoms with E-state index in [1.54, 1.807) is 12.1 Å². The van der Waals surface area contributed by atoms with Crippen molar-refractivity contribution in [3.05, 3.63) is 47.5 Å². The summed E-state index contributed by atoms with van der Waals surface area (Å²) in [5, 5.41) is 0. The fraction of sp³-hybridized carbons (Fsp3) is 0.231. The molecular weight excluding hydrogens is 263 g/mol. The molecule has 0 amide bonds. The minimum Gasteiger partial charge on any atom is -0.480 e. The number of aromatic nitrogens is 2. The molecule has 0 aliphatic carbocycles. The minimum absolute atomic E-state index is 0.261. The Balaban J connectivity index is 2.46. The Morgan fingerprint density at radius 3 is 2.70 bits per heavy atom. The maximum Gasteiger partial charge on any atom is 0.240 e. The molecule has 20 heavy (non-hydrogen) atoms.